The minimum atomic E-state index is -3.50. The second kappa shape index (κ2) is 5.38. The molecule has 0 aromatic heterocycles. The summed E-state index contributed by atoms with van der Waals surface area (Å²) < 4.78 is 27.3. The standard InChI is InChI=1S/C12H17ClO3S/c1-12(2,16-3)8-10-5-4-6-11(7-10)9-17(13,14)15/h4-7H,8-9H2,1-3H3. The average molecular weight is 277 g/mol. The molecular weight excluding hydrogens is 260 g/mol. The van der Waals surface area contributed by atoms with Crippen molar-refractivity contribution in [1.82, 2.24) is 0 Å². The summed E-state index contributed by atoms with van der Waals surface area (Å²) >= 11 is 0. The Labute approximate surface area is 107 Å². The van der Waals surface area contributed by atoms with Crippen LogP contribution in [-0.2, 0) is 26.0 Å². The van der Waals surface area contributed by atoms with Gasteiger partial charge in [-0.3, -0.25) is 0 Å². The Hall–Kier alpha value is -0.580. The van der Waals surface area contributed by atoms with Crippen molar-refractivity contribution in [2.24, 2.45) is 0 Å². The highest BCUT2D eigenvalue weighted by atomic mass is 35.7. The zero-order valence-electron chi connectivity index (χ0n) is 10.2. The number of hydrogen-bond donors (Lipinski definition) is 0. The summed E-state index contributed by atoms with van der Waals surface area (Å²) in [6.45, 7) is 3.97. The Morgan fingerprint density at radius 2 is 1.88 bits per heavy atom. The predicted octanol–water partition coefficient (Wildman–Crippen LogP) is 2.72. The summed E-state index contributed by atoms with van der Waals surface area (Å²) in [6.07, 6.45) is 0.722. The third-order valence-electron chi connectivity index (χ3n) is 2.51. The monoisotopic (exact) mass is 276 g/mol. The molecule has 0 saturated carbocycles. The van der Waals surface area contributed by atoms with Crippen LogP contribution in [0.15, 0.2) is 24.3 Å². The minimum absolute atomic E-state index is 0.143. The van der Waals surface area contributed by atoms with Gasteiger partial charge < -0.3 is 4.74 Å². The van der Waals surface area contributed by atoms with Gasteiger partial charge in [-0.25, -0.2) is 8.42 Å². The Balaban J connectivity index is 2.87. The van der Waals surface area contributed by atoms with Gasteiger partial charge in [-0.15, -0.1) is 0 Å². The molecule has 1 rings (SSSR count). The molecule has 1 aromatic carbocycles. The third kappa shape index (κ3) is 5.52. The number of rotatable bonds is 5. The van der Waals surface area contributed by atoms with Crippen LogP contribution in [0.1, 0.15) is 25.0 Å². The first-order valence-electron chi connectivity index (χ1n) is 5.27. The minimum Gasteiger partial charge on any atom is -0.378 e. The summed E-state index contributed by atoms with van der Waals surface area (Å²) in [7, 11) is 3.39. The van der Waals surface area contributed by atoms with Crippen LogP contribution in [0.2, 0.25) is 0 Å². The van der Waals surface area contributed by atoms with Crippen molar-refractivity contribution in [2.45, 2.75) is 31.6 Å². The lowest BCUT2D eigenvalue weighted by molar-refractivity contribution is 0.0232. The molecule has 0 unspecified atom stereocenters. The van der Waals surface area contributed by atoms with E-state index in [1.54, 1.807) is 13.2 Å². The summed E-state index contributed by atoms with van der Waals surface area (Å²) in [4.78, 5) is 0. The van der Waals surface area contributed by atoms with Crippen molar-refractivity contribution in [2.75, 3.05) is 7.11 Å². The summed E-state index contributed by atoms with van der Waals surface area (Å²) in [5.74, 6) is -0.143. The smallest absolute Gasteiger partial charge is 0.236 e. The average Bonchev–Trinajstić information content (AvgIpc) is 2.14. The number of ether oxygens (including phenoxy) is 1. The maximum Gasteiger partial charge on any atom is 0.236 e. The van der Waals surface area contributed by atoms with Gasteiger partial charge >= 0.3 is 0 Å². The van der Waals surface area contributed by atoms with Crippen molar-refractivity contribution in [3.05, 3.63) is 35.4 Å². The zero-order chi connectivity index (χ0) is 13.1. The zero-order valence-corrected chi connectivity index (χ0v) is 11.8. The first-order valence-corrected chi connectivity index (χ1v) is 7.75. The van der Waals surface area contributed by atoms with Gasteiger partial charge in [-0.2, -0.15) is 0 Å². The van der Waals surface area contributed by atoms with E-state index in [-0.39, 0.29) is 11.4 Å². The lowest BCUT2D eigenvalue weighted by atomic mass is 9.97. The maximum atomic E-state index is 11.0. The van der Waals surface area contributed by atoms with Crippen LogP contribution in [0, 0.1) is 0 Å². The topological polar surface area (TPSA) is 43.4 Å². The van der Waals surface area contributed by atoms with Gasteiger partial charge in [-0.1, -0.05) is 24.3 Å². The molecule has 0 saturated heterocycles. The predicted molar refractivity (Wildman–Crippen MR) is 69.7 cm³/mol. The van der Waals surface area contributed by atoms with E-state index in [1.165, 1.54) is 0 Å². The van der Waals surface area contributed by atoms with Crippen LogP contribution in [0.5, 0.6) is 0 Å². The van der Waals surface area contributed by atoms with Crippen molar-refractivity contribution >= 4 is 19.7 Å². The molecule has 3 nitrogen and oxygen atoms in total. The highest BCUT2D eigenvalue weighted by Crippen LogP contribution is 2.18. The lowest BCUT2D eigenvalue weighted by Crippen LogP contribution is -2.25. The lowest BCUT2D eigenvalue weighted by Gasteiger charge is -2.23. The third-order valence-corrected chi connectivity index (χ3v) is 3.52. The van der Waals surface area contributed by atoms with Crippen molar-refractivity contribution < 1.29 is 13.2 Å². The van der Waals surface area contributed by atoms with E-state index in [0.29, 0.717) is 5.56 Å². The van der Waals surface area contributed by atoms with Crippen LogP contribution >= 0.6 is 10.7 Å². The quantitative estimate of drug-likeness (QED) is 0.777. The molecule has 0 fully saturated rings. The van der Waals surface area contributed by atoms with E-state index in [1.807, 2.05) is 32.0 Å². The fourth-order valence-electron chi connectivity index (χ4n) is 1.59. The van der Waals surface area contributed by atoms with E-state index in [0.717, 1.165) is 12.0 Å². The van der Waals surface area contributed by atoms with E-state index < -0.39 is 9.05 Å². The molecule has 0 N–H and O–H groups in total. The maximum absolute atomic E-state index is 11.0. The summed E-state index contributed by atoms with van der Waals surface area (Å²) in [6, 6.07) is 7.38. The van der Waals surface area contributed by atoms with Gasteiger partial charge in [-0.05, 0) is 25.0 Å². The van der Waals surface area contributed by atoms with Crippen molar-refractivity contribution in [3.8, 4) is 0 Å². The SMILES string of the molecule is COC(C)(C)Cc1cccc(CS(=O)(=O)Cl)c1. The van der Waals surface area contributed by atoms with E-state index in [2.05, 4.69) is 0 Å². The molecule has 1 aromatic rings. The van der Waals surface area contributed by atoms with Crippen LogP contribution in [0.3, 0.4) is 0 Å². The van der Waals surface area contributed by atoms with Gasteiger partial charge in [0, 0.05) is 24.2 Å². The Morgan fingerprint density at radius 3 is 2.41 bits per heavy atom. The van der Waals surface area contributed by atoms with E-state index in [4.69, 9.17) is 15.4 Å². The normalized spacial score (nSPS) is 12.7. The summed E-state index contributed by atoms with van der Waals surface area (Å²) in [5, 5.41) is 0. The fourth-order valence-corrected chi connectivity index (χ4v) is 2.55. The van der Waals surface area contributed by atoms with Gasteiger partial charge in [0.15, 0.2) is 0 Å². The molecule has 0 aliphatic rings. The molecule has 0 aliphatic carbocycles. The Morgan fingerprint density at radius 1 is 1.29 bits per heavy atom. The van der Waals surface area contributed by atoms with Crippen LogP contribution in [0.25, 0.3) is 0 Å². The molecule has 0 spiro atoms. The van der Waals surface area contributed by atoms with Crippen molar-refractivity contribution in [3.63, 3.8) is 0 Å². The molecule has 0 aliphatic heterocycles. The van der Waals surface area contributed by atoms with Gasteiger partial charge in [0.05, 0.1) is 11.4 Å². The fraction of sp³-hybridized carbons (Fsp3) is 0.500. The first kappa shape index (κ1) is 14.5. The van der Waals surface area contributed by atoms with Gasteiger partial charge in [0.25, 0.3) is 0 Å². The summed E-state index contributed by atoms with van der Waals surface area (Å²) in [5.41, 5.74) is 1.47. The number of benzene rings is 1. The molecule has 17 heavy (non-hydrogen) atoms. The Kier molecular flexibility index (Phi) is 4.58. The van der Waals surface area contributed by atoms with Crippen LogP contribution in [0.4, 0.5) is 0 Å². The number of methoxy groups -OCH3 is 1. The highest BCUT2D eigenvalue weighted by Gasteiger charge is 2.17. The second-order valence-electron chi connectivity index (χ2n) is 4.64. The molecule has 0 atom stereocenters. The van der Waals surface area contributed by atoms with Crippen molar-refractivity contribution in [1.29, 1.82) is 0 Å². The molecule has 0 amide bonds. The second-order valence-corrected chi connectivity index (χ2v) is 7.42. The molecule has 0 heterocycles. The van der Waals surface area contributed by atoms with E-state index in [9.17, 15) is 8.42 Å². The molecule has 0 radical (unpaired) electrons. The number of hydrogen-bond acceptors (Lipinski definition) is 3. The van der Waals surface area contributed by atoms with Gasteiger partial charge in [0.1, 0.15) is 0 Å². The highest BCUT2D eigenvalue weighted by molar-refractivity contribution is 8.13. The van der Waals surface area contributed by atoms with Crippen LogP contribution in [-0.4, -0.2) is 21.1 Å². The van der Waals surface area contributed by atoms with Gasteiger partial charge in [0.2, 0.25) is 9.05 Å². The number of halogens is 1. The Bertz CT molecular complexity index is 480. The largest absolute Gasteiger partial charge is 0.378 e. The van der Waals surface area contributed by atoms with E-state index >= 15 is 0 Å². The first-order chi connectivity index (χ1) is 7.72. The molecule has 96 valence electrons. The molecule has 0 bridgehead atoms. The molecular formula is C12H17ClO3S. The molecule has 5 heteroatoms. The van der Waals surface area contributed by atoms with Crippen LogP contribution < -0.4 is 0 Å².